The Morgan fingerprint density at radius 1 is 1.05 bits per heavy atom. The molecule has 0 aromatic carbocycles. The van der Waals surface area contributed by atoms with Gasteiger partial charge in [0.15, 0.2) is 0 Å². The van der Waals surface area contributed by atoms with Crippen LogP contribution < -0.4 is 0 Å². The fourth-order valence-corrected chi connectivity index (χ4v) is 6.61. The number of hydrogen-bond donors (Lipinski definition) is 0. The van der Waals surface area contributed by atoms with Crippen LogP contribution in [0.3, 0.4) is 0 Å². The van der Waals surface area contributed by atoms with Gasteiger partial charge in [0.1, 0.15) is 16.0 Å². The lowest BCUT2D eigenvalue weighted by Gasteiger charge is -2.50. The first-order chi connectivity index (χ1) is 10.1. The second-order valence-corrected chi connectivity index (χ2v) is 10.3. The maximum Gasteiger partial charge on any atom is 0.265 e. The Balaban J connectivity index is 1.61. The van der Waals surface area contributed by atoms with Crippen molar-refractivity contribution in [2.24, 2.45) is 9.81 Å². The van der Waals surface area contributed by atoms with Crippen molar-refractivity contribution in [3.05, 3.63) is 0 Å². The third-order valence-corrected chi connectivity index (χ3v) is 9.06. The standard InChI is InChI=1S/C16H24FNO3S/c1-13(2)16(9-10-16)22(19,20)18-12(21-13)11-14-3-6-15(17,7-4-14)8-5-14/h3-11H2,1-2H3. The summed E-state index contributed by atoms with van der Waals surface area (Å²) in [7, 11) is -3.50. The Bertz CT molecular complexity index is 624. The molecule has 4 saturated carbocycles. The van der Waals surface area contributed by atoms with Gasteiger partial charge in [-0.3, -0.25) is 0 Å². The van der Waals surface area contributed by atoms with E-state index < -0.39 is 26.0 Å². The largest absolute Gasteiger partial charge is 0.472 e. The Kier molecular flexibility index (Phi) is 2.75. The van der Waals surface area contributed by atoms with Gasteiger partial charge >= 0.3 is 0 Å². The Morgan fingerprint density at radius 3 is 2.05 bits per heavy atom. The Labute approximate surface area is 131 Å². The van der Waals surface area contributed by atoms with E-state index in [0.29, 0.717) is 44.4 Å². The van der Waals surface area contributed by atoms with Gasteiger partial charge in [0, 0.05) is 6.42 Å². The Hall–Kier alpha value is -0.650. The van der Waals surface area contributed by atoms with E-state index in [4.69, 9.17) is 4.74 Å². The highest BCUT2D eigenvalue weighted by molar-refractivity contribution is 7.92. The lowest BCUT2D eigenvalue weighted by molar-refractivity contribution is -0.0362. The molecule has 0 aromatic rings. The number of fused-ring (bicyclic) bond motifs is 3. The highest BCUT2D eigenvalue weighted by Crippen LogP contribution is 2.59. The average molecular weight is 329 g/mol. The maximum atomic E-state index is 14.3. The van der Waals surface area contributed by atoms with Crippen LogP contribution in [0.15, 0.2) is 4.40 Å². The van der Waals surface area contributed by atoms with Gasteiger partial charge in [-0.1, -0.05) is 0 Å². The van der Waals surface area contributed by atoms with Crippen LogP contribution >= 0.6 is 0 Å². The lowest BCUT2D eigenvalue weighted by Crippen LogP contribution is -2.52. The van der Waals surface area contributed by atoms with E-state index >= 15 is 0 Å². The molecule has 1 aliphatic heterocycles. The third-order valence-electron chi connectivity index (χ3n) is 6.73. The van der Waals surface area contributed by atoms with Crippen molar-refractivity contribution in [1.29, 1.82) is 0 Å². The number of alkyl halides is 1. The quantitative estimate of drug-likeness (QED) is 0.779. The molecule has 4 nitrogen and oxygen atoms in total. The van der Waals surface area contributed by atoms with Gasteiger partial charge < -0.3 is 4.74 Å². The summed E-state index contributed by atoms with van der Waals surface area (Å²) in [4.78, 5) is 0. The molecule has 6 heteroatoms. The molecule has 22 heavy (non-hydrogen) atoms. The molecule has 5 aliphatic rings. The van der Waals surface area contributed by atoms with E-state index in [2.05, 4.69) is 4.40 Å². The summed E-state index contributed by atoms with van der Waals surface area (Å²) < 4.78 is 48.7. The molecule has 0 aromatic heterocycles. The molecule has 124 valence electrons. The van der Waals surface area contributed by atoms with E-state index in [0.717, 1.165) is 19.3 Å². The van der Waals surface area contributed by atoms with Gasteiger partial charge in [-0.15, -0.1) is 4.40 Å². The molecule has 0 radical (unpaired) electrons. The maximum absolute atomic E-state index is 14.3. The molecule has 0 unspecified atom stereocenters. The zero-order valence-corrected chi connectivity index (χ0v) is 14.1. The van der Waals surface area contributed by atoms with Crippen molar-refractivity contribution in [1.82, 2.24) is 0 Å². The molecule has 0 atom stereocenters. The predicted octanol–water partition coefficient (Wildman–Crippen LogP) is 3.51. The zero-order valence-electron chi connectivity index (χ0n) is 13.3. The molecule has 0 N–H and O–H groups in total. The van der Waals surface area contributed by atoms with Gasteiger partial charge in [-0.05, 0) is 70.6 Å². The van der Waals surface area contributed by atoms with Crippen LogP contribution in [0.2, 0.25) is 0 Å². The number of sulfonamides is 1. The number of ether oxygens (including phenoxy) is 1. The molecule has 1 spiro atoms. The fraction of sp³-hybridized carbons (Fsp3) is 0.938. The lowest BCUT2D eigenvalue weighted by atomic mass is 9.58. The second kappa shape index (κ2) is 4.05. The zero-order chi connectivity index (χ0) is 15.9. The fourth-order valence-electron chi connectivity index (χ4n) is 4.78. The van der Waals surface area contributed by atoms with Gasteiger partial charge in [0.05, 0.1) is 0 Å². The van der Waals surface area contributed by atoms with Gasteiger partial charge in [-0.2, -0.15) is 0 Å². The van der Waals surface area contributed by atoms with Crippen molar-refractivity contribution >= 4 is 15.9 Å². The summed E-state index contributed by atoms with van der Waals surface area (Å²) in [5, 5.41) is 0. The number of halogens is 1. The Morgan fingerprint density at radius 2 is 1.59 bits per heavy atom. The molecular weight excluding hydrogens is 305 g/mol. The highest BCUT2D eigenvalue weighted by atomic mass is 32.2. The minimum Gasteiger partial charge on any atom is -0.472 e. The molecule has 5 rings (SSSR count). The van der Waals surface area contributed by atoms with Crippen LogP contribution in [-0.2, 0) is 14.8 Å². The third kappa shape index (κ3) is 1.91. The van der Waals surface area contributed by atoms with Crippen LogP contribution in [0, 0.1) is 5.41 Å². The summed E-state index contributed by atoms with van der Waals surface area (Å²) >= 11 is 0. The minimum atomic E-state index is -3.50. The van der Waals surface area contributed by atoms with Crippen LogP contribution in [0.4, 0.5) is 4.39 Å². The molecule has 0 amide bonds. The minimum absolute atomic E-state index is 0.00761. The first kappa shape index (κ1) is 14.9. The molecule has 4 aliphatic carbocycles. The summed E-state index contributed by atoms with van der Waals surface area (Å²) in [5.74, 6) is 0.357. The van der Waals surface area contributed by atoms with Gasteiger partial charge in [-0.25, -0.2) is 12.8 Å². The molecule has 1 heterocycles. The number of hydrogen-bond acceptors (Lipinski definition) is 3. The smallest absolute Gasteiger partial charge is 0.265 e. The summed E-state index contributed by atoms with van der Waals surface area (Å²) in [6.07, 6.45) is 6.05. The van der Waals surface area contributed by atoms with E-state index in [-0.39, 0.29) is 5.41 Å². The monoisotopic (exact) mass is 329 g/mol. The number of rotatable bonds is 2. The summed E-state index contributed by atoms with van der Waals surface area (Å²) in [5.41, 5.74) is -1.69. The SMILES string of the molecule is CC1(C)OC(CC23CCC(F)(CC2)CC3)=NS(=O)(=O)C12CC2. The van der Waals surface area contributed by atoms with Crippen LogP contribution in [-0.4, -0.2) is 30.3 Å². The molecule has 4 fully saturated rings. The molecule has 0 saturated heterocycles. The summed E-state index contributed by atoms with van der Waals surface area (Å²) in [6.45, 7) is 3.72. The van der Waals surface area contributed by atoms with Crippen molar-refractivity contribution < 1.29 is 17.5 Å². The van der Waals surface area contributed by atoms with Crippen molar-refractivity contribution in [2.45, 2.75) is 87.7 Å². The van der Waals surface area contributed by atoms with Crippen LogP contribution in [0.5, 0.6) is 0 Å². The first-order valence-electron chi connectivity index (χ1n) is 8.33. The molecule has 2 bridgehead atoms. The van der Waals surface area contributed by atoms with Crippen LogP contribution in [0.1, 0.15) is 71.6 Å². The first-order valence-corrected chi connectivity index (χ1v) is 9.77. The van der Waals surface area contributed by atoms with Gasteiger partial charge in [0.25, 0.3) is 10.0 Å². The van der Waals surface area contributed by atoms with Crippen molar-refractivity contribution in [2.75, 3.05) is 0 Å². The van der Waals surface area contributed by atoms with E-state index in [1.807, 2.05) is 13.8 Å². The topological polar surface area (TPSA) is 55.7 Å². The predicted molar refractivity (Wildman–Crippen MR) is 82.1 cm³/mol. The number of nitrogens with zero attached hydrogens (tertiary/aromatic N) is 1. The second-order valence-electron chi connectivity index (χ2n) is 8.39. The van der Waals surface area contributed by atoms with E-state index in [9.17, 15) is 12.8 Å². The van der Waals surface area contributed by atoms with Crippen molar-refractivity contribution in [3.63, 3.8) is 0 Å². The highest BCUT2D eigenvalue weighted by Gasteiger charge is 2.68. The normalized spacial score (nSPS) is 43.5. The van der Waals surface area contributed by atoms with Gasteiger partial charge in [0.2, 0.25) is 5.90 Å². The molecular formula is C16H24FNO3S. The van der Waals surface area contributed by atoms with E-state index in [1.165, 1.54) is 0 Å². The summed E-state index contributed by atoms with van der Waals surface area (Å²) in [6, 6.07) is 0. The van der Waals surface area contributed by atoms with Crippen molar-refractivity contribution in [3.8, 4) is 0 Å². The van der Waals surface area contributed by atoms with E-state index in [1.54, 1.807) is 0 Å². The average Bonchev–Trinajstić information content (AvgIpc) is 3.20. The van der Waals surface area contributed by atoms with Crippen LogP contribution in [0.25, 0.3) is 0 Å².